The van der Waals surface area contributed by atoms with Crippen molar-refractivity contribution in [3.05, 3.63) is 35.4 Å². The van der Waals surface area contributed by atoms with Gasteiger partial charge in [-0.05, 0) is 44.2 Å². The van der Waals surface area contributed by atoms with Crippen molar-refractivity contribution in [1.29, 1.82) is 0 Å². The Hall–Kier alpha value is -2.90. The first-order valence-corrected chi connectivity index (χ1v) is 10.5. The number of amides is 3. The van der Waals surface area contributed by atoms with Gasteiger partial charge < -0.3 is 20.3 Å². The van der Waals surface area contributed by atoms with Crippen LogP contribution in [0.15, 0.2) is 24.3 Å². The van der Waals surface area contributed by atoms with E-state index in [1.165, 1.54) is 0 Å². The first kappa shape index (κ1) is 21.8. The second kappa shape index (κ2) is 9.73. The topological polar surface area (TPSA) is 110 Å². The molecule has 0 unspecified atom stereocenters. The quantitative estimate of drug-likeness (QED) is 0.725. The van der Waals surface area contributed by atoms with E-state index in [2.05, 4.69) is 0 Å². The van der Waals surface area contributed by atoms with Crippen LogP contribution in [0, 0.1) is 18.8 Å². The van der Waals surface area contributed by atoms with Crippen LogP contribution in [-0.2, 0) is 19.1 Å². The molecule has 0 atom stereocenters. The predicted molar refractivity (Wildman–Crippen MR) is 109 cm³/mol. The molecule has 0 saturated carbocycles. The number of esters is 1. The van der Waals surface area contributed by atoms with Crippen molar-refractivity contribution in [3.8, 4) is 0 Å². The van der Waals surface area contributed by atoms with Crippen LogP contribution in [0.3, 0.4) is 0 Å². The number of carbonyl (C=O) groups is 4. The van der Waals surface area contributed by atoms with Gasteiger partial charge in [-0.1, -0.05) is 18.2 Å². The Balaban J connectivity index is 1.41. The van der Waals surface area contributed by atoms with E-state index in [1.807, 2.05) is 31.2 Å². The van der Waals surface area contributed by atoms with Crippen LogP contribution in [0.2, 0.25) is 0 Å². The van der Waals surface area contributed by atoms with Crippen LogP contribution in [0.25, 0.3) is 0 Å². The molecule has 2 heterocycles. The smallest absolute Gasteiger partial charge is 0.309 e. The maximum absolute atomic E-state index is 12.7. The number of nitrogens with zero attached hydrogens (tertiary/aromatic N) is 2. The third kappa shape index (κ3) is 5.17. The van der Waals surface area contributed by atoms with Crippen molar-refractivity contribution in [2.45, 2.75) is 32.6 Å². The molecule has 8 heteroatoms. The van der Waals surface area contributed by atoms with E-state index in [0.29, 0.717) is 57.4 Å². The van der Waals surface area contributed by atoms with Crippen LogP contribution >= 0.6 is 0 Å². The van der Waals surface area contributed by atoms with Gasteiger partial charge in [-0.2, -0.15) is 0 Å². The molecule has 0 radical (unpaired) electrons. The number of benzene rings is 1. The molecule has 2 saturated heterocycles. The van der Waals surface area contributed by atoms with Gasteiger partial charge in [0.15, 0.2) is 6.61 Å². The molecule has 3 rings (SSSR count). The summed E-state index contributed by atoms with van der Waals surface area (Å²) in [6.45, 7) is 3.49. The Kier molecular flexibility index (Phi) is 7.07. The normalized spacial score (nSPS) is 18.2. The van der Waals surface area contributed by atoms with Crippen molar-refractivity contribution in [3.63, 3.8) is 0 Å². The maximum atomic E-state index is 12.7. The minimum atomic E-state index is -0.390. The molecule has 1 aromatic rings. The van der Waals surface area contributed by atoms with Gasteiger partial charge in [0.2, 0.25) is 5.91 Å². The number of hydrogen-bond acceptors (Lipinski definition) is 5. The summed E-state index contributed by atoms with van der Waals surface area (Å²) in [5, 5.41) is 0. The van der Waals surface area contributed by atoms with Gasteiger partial charge in [-0.25, -0.2) is 0 Å². The zero-order valence-corrected chi connectivity index (χ0v) is 17.3. The molecule has 2 aliphatic heterocycles. The third-order valence-corrected chi connectivity index (χ3v) is 6.08. The highest BCUT2D eigenvalue weighted by molar-refractivity contribution is 5.95. The molecule has 2 N–H and O–H groups in total. The van der Waals surface area contributed by atoms with Crippen molar-refractivity contribution < 1.29 is 23.9 Å². The number of hydrogen-bond donors (Lipinski definition) is 1. The molecule has 30 heavy (non-hydrogen) atoms. The van der Waals surface area contributed by atoms with E-state index >= 15 is 0 Å². The number of likely N-dealkylation sites (tertiary alicyclic amines) is 2. The number of nitrogens with two attached hydrogens (primary N) is 1. The Morgan fingerprint density at radius 1 is 0.933 bits per heavy atom. The first-order valence-electron chi connectivity index (χ1n) is 10.5. The largest absolute Gasteiger partial charge is 0.455 e. The van der Waals surface area contributed by atoms with Crippen molar-refractivity contribution in [1.82, 2.24) is 9.80 Å². The fourth-order valence-corrected chi connectivity index (χ4v) is 4.06. The molecule has 0 aliphatic carbocycles. The number of piperidine rings is 2. The molecule has 0 spiro atoms. The fraction of sp³-hybridized carbons (Fsp3) is 0.545. The molecule has 3 amide bonds. The average molecular weight is 415 g/mol. The van der Waals surface area contributed by atoms with E-state index in [1.54, 1.807) is 9.80 Å². The number of primary amides is 1. The van der Waals surface area contributed by atoms with Crippen molar-refractivity contribution >= 4 is 23.7 Å². The average Bonchev–Trinajstić information content (AvgIpc) is 2.77. The van der Waals surface area contributed by atoms with Gasteiger partial charge in [-0.15, -0.1) is 0 Å². The summed E-state index contributed by atoms with van der Waals surface area (Å²) < 4.78 is 5.25. The Labute approximate surface area is 176 Å². The van der Waals surface area contributed by atoms with Gasteiger partial charge in [0.25, 0.3) is 11.8 Å². The molecule has 2 aliphatic rings. The molecule has 2 fully saturated rings. The number of carbonyl (C=O) groups excluding carboxylic acids is 4. The molecule has 8 nitrogen and oxygen atoms in total. The minimum Gasteiger partial charge on any atom is -0.455 e. The Morgan fingerprint density at radius 2 is 1.50 bits per heavy atom. The van der Waals surface area contributed by atoms with Crippen LogP contribution in [-0.4, -0.2) is 66.3 Å². The summed E-state index contributed by atoms with van der Waals surface area (Å²) >= 11 is 0. The molecular weight excluding hydrogens is 386 g/mol. The first-order chi connectivity index (χ1) is 14.4. The van der Waals surface area contributed by atoms with Crippen LogP contribution in [0.1, 0.15) is 41.6 Å². The highest BCUT2D eigenvalue weighted by Gasteiger charge is 2.31. The second-order valence-electron chi connectivity index (χ2n) is 8.05. The number of aryl methyl sites for hydroxylation is 1. The summed E-state index contributed by atoms with van der Waals surface area (Å²) in [7, 11) is 0. The van der Waals surface area contributed by atoms with Gasteiger partial charge in [-0.3, -0.25) is 19.2 Å². The second-order valence-corrected chi connectivity index (χ2v) is 8.05. The van der Waals surface area contributed by atoms with E-state index in [9.17, 15) is 19.2 Å². The van der Waals surface area contributed by atoms with E-state index in [4.69, 9.17) is 10.5 Å². The maximum Gasteiger partial charge on any atom is 0.309 e. The monoisotopic (exact) mass is 415 g/mol. The van der Waals surface area contributed by atoms with Gasteiger partial charge in [0.1, 0.15) is 0 Å². The zero-order valence-electron chi connectivity index (χ0n) is 17.3. The fourth-order valence-electron chi connectivity index (χ4n) is 4.06. The highest BCUT2D eigenvalue weighted by atomic mass is 16.5. The number of rotatable bonds is 5. The van der Waals surface area contributed by atoms with Crippen LogP contribution in [0.5, 0.6) is 0 Å². The standard InChI is InChI=1S/C22H29N3O5/c1-15-4-2-3-5-18(15)21(28)25-12-8-17(9-13-25)22(29)30-14-19(26)24-10-6-16(7-11-24)20(23)27/h2-5,16-17H,6-14H2,1H3,(H2,23,27). The number of ether oxygens (including phenoxy) is 1. The van der Waals surface area contributed by atoms with Gasteiger partial charge >= 0.3 is 5.97 Å². The van der Waals surface area contributed by atoms with Gasteiger partial charge in [0, 0.05) is 37.7 Å². The summed E-state index contributed by atoms with van der Waals surface area (Å²) in [6.07, 6.45) is 2.13. The molecule has 162 valence electrons. The van der Waals surface area contributed by atoms with E-state index in [-0.39, 0.29) is 36.2 Å². The lowest BCUT2D eigenvalue weighted by Gasteiger charge is -2.32. The Bertz CT molecular complexity index is 809. The molecule has 0 bridgehead atoms. The van der Waals surface area contributed by atoms with Gasteiger partial charge in [0.05, 0.1) is 5.92 Å². The summed E-state index contributed by atoms with van der Waals surface area (Å²) in [6, 6.07) is 7.47. The highest BCUT2D eigenvalue weighted by Crippen LogP contribution is 2.22. The van der Waals surface area contributed by atoms with E-state index in [0.717, 1.165) is 5.56 Å². The van der Waals surface area contributed by atoms with E-state index < -0.39 is 5.97 Å². The predicted octanol–water partition coefficient (Wildman–Crippen LogP) is 1.11. The lowest BCUT2D eigenvalue weighted by Crippen LogP contribution is -2.44. The van der Waals surface area contributed by atoms with Crippen LogP contribution in [0.4, 0.5) is 0 Å². The van der Waals surface area contributed by atoms with Crippen LogP contribution < -0.4 is 5.73 Å². The van der Waals surface area contributed by atoms with Crippen molar-refractivity contribution in [2.75, 3.05) is 32.8 Å². The molecule has 0 aromatic heterocycles. The lowest BCUT2D eigenvalue weighted by molar-refractivity contribution is -0.157. The summed E-state index contributed by atoms with van der Waals surface area (Å²) in [5.74, 6) is -1.49. The van der Waals surface area contributed by atoms with Crippen molar-refractivity contribution in [2.24, 2.45) is 17.6 Å². The summed E-state index contributed by atoms with van der Waals surface area (Å²) in [5.41, 5.74) is 6.92. The third-order valence-electron chi connectivity index (χ3n) is 6.08. The molecular formula is C22H29N3O5. The lowest BCUT2D eigenvalue weighted by atomic mass is 9.96. The Morgan fingerprint density at radius 3 is 2.10 bits per heavy atom. The SMILES string of the molecule is Cc1ccccc1C(=O)N1CCC(C(=O)OCC(=O)N2CCC(C(N)=O)CC2)CC1. The molecule has 1 aromatic carbocycles. The zero-order chi connectivity index (χ0) is 21.7. The minimum absolute atomic E-state index is 0.0190. The summed E-state index contributed by atoms with van der Waals surface area (Å²) in [4.78, 5) is 51.9.